The van der Waals surface area contributed by atoms with Crippen molar-refractivity contribution in [1.29, 1.82) is 0 Å². The number of alkyl halides is 1. The van der Waals surface area contributed by atoms with Crippen LogP contribution in [0.5, 0.6) is 0 Å². The maximum Gasteiger partial charge on any atom is 0.281 e. The summed E-state index contributed by atoms with van der Waals surface area (Å²) in [5, 5.41) is 0. The van der Waals surface area contributed by atoms with Crippen molar-refractivity contribution in [3.8, 4) is 0 Å². The average Bonchev–Trinajstić information content (AvgIpc) is 2.43. The number of hydrogen-bond donors (Lipinski definition) is 0. The highest BCUT2D eigenvalue weighted by molar-refractivity contribution is 7.86. The smallest absolute Gasteiger partial charge is 0.281 e. The first-order chi connectivity index (χ1) is 9.41. The van der Waals surface area contributed by atoms with Gasteiger partial charge in [-0.15, -0.1) is 11.6 Å². The van der Waals surface area contributed by atoms with E-state index in [1.165, 1.54) is 0 Å². The SMILES string of the molecule is CCN(CCCN(C)C)S(=O)(=O)N1CCCC(CCl)C1. The van der Waals surface area contributed by atoms with E-state index in [9.17, 15) is 8.42 Å². The molecule has 0 aromatic carbocycles. The van der Waals surface area contributed by atoms with E-state index < -0.39 is 10.2 Å². The van der Waals surface area contributed by atoms with E-state index in [2.05, 4.69) is 4.90 Å². The summed E-state index contributed by atoms with van der Waals surface area (Å²) >= 11 is 5.89. The van der Waals surface area contributed by atoms with Crippen LogP contribution >= 0.6 is 11.6 Å². The summed E-state index contributed by atoms with van der Waals surface area (Å²) in [5.41, 5.74) is 0. The predicted octanol–water partition coefficient (Wildman–Crippen LogP) is 1.46. The highest BCUT2D eigenvalue weighted by Crippen LogP contribution is 2.22. The summed E-state index contributed by atoms with van der Waals surface area (Å²) in [6, 6.07) is 0. The largest absolute Gasteiger partial charge is 0.309 e. The molecule has 1 unspecified atom stereocenters. The Hall–Kier alpha value is 0.120. The van der Waals surface area contributed by atoms with Crippen LogP contribution in [0.15, 0.2) is 0 Å². The monoisotopic (exact) mass is 325 g/mol. The van der Waals surface area contributed by atoms with Gasteiger partial charge in [0.25, 0.3) is 10.2 Å². The Labute approximate surface area is 129 Å². The first-order valence-electron chi connectivity index (χ1n) is 7.37. The van der Waals surface area contributed by atoms with Gasteiger partial charge in [-0.3, -0.25) is 0 Å². The van der Waals surface area contributed by atoms with Gasteiger partial charge in [0.15, 0.2) is 0 Å². The van der Waals surface area contributed by atoms with Gasteiger partial charge in [0, 0.05) is 32.1 Å². The Morgan fingerprint density at radius 1 is 1.30 bits per heavy atom. The highest BCUT2D eigenvalue weighted by atomic mass is 35.5. The van der Waals surface area contributed by atoms with Crippen molar-refractivity contribution < 1.29 is 8.42 Å². The van der Waals surface area contributed by atoms with Crippen molar-refractivity contribution in [1.82, 2.24) is 13.5 Å². The van der Waals surface area contributed by atoms with Gasteiger partial charge in [0.1, 0.15) is 0 Å². The molecule has 0 aromatic heterocycles. The maximum absolute atomic E-state index is 12.6. The van der Waals surface area contributed by atoms with Gasteiger partial charge in [-0.05, 0) is 45.8 Å². The van der Waals surface area contributed by atoms with Crippen LogP contribution in [0.1, 0.15) is 26.2 Å². The van der Waals surface area contributed by atoms with Crippen molar-refractivity contribution in [2.75, 3.05) is 52.7 Å². The molecule has 1 aliphatic heterocycles. The van der Waals surface area contributed by atoms with Crippen LogP contribution in [-0.4, -0.2) is 74.6 Å². The highest BCUT2D eigenvalue weighted by Gasteiger charge is 2.32. The number of hydrogen-bond acceptors (Lipinski definition) is 3. The molecule has 120 valence electrons. The third kappa shape index (κ3) is 5.15. The number of nitrogens with zero attached hydrogens (tertiary/aromatic N) is 3. The van der Waals surface area contributed by atoms with Crippen molar-refractivity contribution in [3.05, 3.63) is 0 Å². The topological polar surface area (TPSA) is 43.9 Å². The molecule has 5 nitrogen and oxygen atoms in total. The van der Waals surface area contributed by atoms with Crippen LogP contribution in [0, 0.1) is 5.92 Å². The minimum absolute atomic E-state index is 0.292. The van der Waals surface area contributed by atoms with Gasteiger partial charge >= 0.3 is 0 Å². The van der Waals surface area contributed by atoms with E-state index in [-0.39, 0.29) is 0 Å². The molecule has 0 bridgehead atoms. The van der Waals surface area contributed by atoms with E-state index in [1.54, 1.807) is 8.61 Å². The summed E-state index contributed by atoms with van der Waals surface area (Å²) in [6.45, 7) is 5.10. The van der Waals surface area contributed by atoms with Crippen LogP contribution in [0.3, 0.4) is 0 Å². The second kappa shape index (κ2) is 8.54. The predicted molar refractivity (Wildman–Crippen MR) is 84.4 cm³/mol. The fourth-order valence-electron chi connectivity index (χ4n) is 2.53. The van der Waals surface area contributed by atoms with Crippen molar-refractivity contribution >= 4 is 21.8 Å². The van der Waals surface area contributed by atoms with Gasteiger partial charge in [0.05, 0.1) is 0 Å². The molecule has 7 heteroatoms. The molecule has 20 heavy (non-hydrogen) atoms. The van der Waals surface area contributed by atoms with Gasteiger partial charge < -0.3 is 4.90 Å². The first kappa shape index (κ1) is 18.2. The lowest BCUT2D eigenvalue weighted by molar-refractivity contribution is 0.257. The van der Waals surface area contributed by atoms with Crippen LogP contribution in [0.25, 0.3) is 0 Å². The van der Waals surface area contributed by atoms with E-state index in [0.717, 1.165) is 25.8 Å². The normalized spacial score (nSPS) is 21.8. The Kier molecular flexibility index (Phi) is 7.75. The lowest BCUT2D eigenvalue weighted by Gasteiger charge is -2.34. The summed E-state index contributed by atoms with van der Waals surface area (Å²) in [5.74, 6) is 0.833. The number of piperidine rings is 1. The van der Waals surface area contributed by atoms with Crippen molar-refractivity contribution in [3.63, 3.8) is 0 Å². The molecular formula is C13H28ClN3O2S. The molecule has 1 heterocycles. The number of rotatable bonds is 8. The second-order valence-corrected chi connectivity index (χ2v) is 7.91. The molecule has 1 atom stereocenters. The van der Waals surface area contributed by atoms with E-state index >= 15 is 0 Å². The Balaban J connectivity index is 2.63. The third-order valence-corrected chi connectivity index (χ3v) is 6.23. The van der Waals surface area contributed by atoms with Gasteiger partial charge in [-0.2, -0.15) is 17.0 Å². The quantitative estimate of drug-likeness (QED) is 0.635. The van der Waals surface area contributed by atoms with Gasteiger partial charge in [-0.1, -0.05) is 6.92 Å². The molecule has 0 radical (unpaired) electrons. The Bertz CT molecular complexity index is 376. The van der Waals surface area contributed by atoms with Crippen LogP contribution in [0.4, 0.5) is 0 Å². The summed E-state index contributed by atoms with van der Waals surface area (Å²) in [7, 11) is 0.675. The molecule has 0 aliphatic carbocycles. The number of halogens is 1. The Morgan fingerprint density at radius 2 is 2.00 bits per heavy atom. The fraction of sp³-hybridized carbons (Fsp3) is 1.00. The van der Waals surface area contributed by atoms with E-state index in [1.807, 2.05) is 21.0 Å². The van der Waals surface area contributed by atoms with E-state index in [4.69, 9.17) is 11.6 Å². The summed E-state index contributed by atoms with van der Waals surface area (Å²) < 4.78 is 28.5. The molecule has 0 aromatic rings. The zero-order chi connectivity index (χ0) is 15.2. The molecular weight excluding hydrogens is 298 g/mol. The standard InChI is InChI=1S/C13H28ClN3O2S/c1-4-16(10-6-8-15(2)3)20(18,19)17-9-5-7-13(11-14)12-17/h13H,4-12H2,1-3H3. The second-order valence-electron chi connectivity index (χ2n) is 5.68. The summed E-state index contributed by atoms with van der Waals surface area (Å²) in [6.07, 6.45) is 2.79. The van der Waals surface area contributed by atoms with E-state index in [0.29, 0.717) is 38.0 Å². The van der Waals surface area contributed by atoms with Crippen molar-refractivity contribution in [2.24, 2.45) is 5.92 Å². The van der Waals surface area contributed by atoms with Crippen molar-refractivity contribution in [2.45, 2.75) is 26.2 Å². The van der Waals surface area contributed by atoms with Gasteiger partial charge in [-0.25, -0.2) is 0 Å². The lowest BCUT2D eigenvalue weighted by atomic mass is 10.0. The molecule has 1 fully saturated rings. The molecule has 0 N–H and O–H groups in total. The molecule has 0 spiro atoms. The average molecular weight is 326 g/mol. The summed E-state index contributed by atoms with van der Waals surface area (Å²) in [4.78, 5) is 2.07. The molecule has 0 saturated carbocycles. The molecule has 0 amide bonds. The van der Waals surface area contributed by atoms with Crippen LogP contribution in [-0.2, 0) is 10.2 Å². The molecule has 1 aliphatic rings. The van der Waals surface area contributed by atoms with Gasteiger partial charge in [0.2, 0.25) is 0 Å². The zero-order valence-corrected chi connectivity index (χ0v) is 14.5. The maximum atomic E-state index is 12.6. The fourth-order valence-corrected chi connectivity index (χ4v) is 4.55. The van der Waals surface area contributed by atoms with Crippen LogP contribution in [0.2, 0.25) is 0 Å². The lowest BCUT2D eigenvalue weighted by Crippen LogP contribution is -2.48. The molecule has 1 rings (SSSR count). The minimum Gasteiger partial charge on any atom is -0.309 e. The zero-order valence-electron chi connectivity index (χ0n) is 12.9. The minimum atomic E-state index is -3.33. The Morgan fingerprint density at radius 3 is 2.55 bits per heavy atom. The third-order valence-electron chi connectivity index (χ3n) is 3.72. The first-order valence-corrected chi connectivity index (χ1v) is 9.30. The molecule has 1 saturated heterocycles. The van der Waals surface area contributed by atoms with Crippen LogP contribution < -0.4 is 0 Å².